The Bertz CT molecular complexity index is 618. The van der Waals surface area contributed by atoms with Crippen LogP contribution in [0.15, 0.2) is 27.6 Å². The Morgan fingerprint density at radius 3 is 2.33 bits per heavy atom. The van der Waals surface area contributed by atoms with Gasteiger partial charge in [0.1, 0.15) is 0 Å². The van der Waals surface area contributed by atoms with Crippen LogP contribution in [0.2, 0.25) is 5.02 Å². The van der Waals surface area contributed by atoms with E-state index < -0.39 is 10.0 Å². The molecule has 5 nitrogen and oxygen atoms in total. The minimum Gasteiger partial charge on any atom is -0.342 e. The van der Waals surface area contributed by atoms with Gasteiger partial charge in [0.2, 0.25) is 15.9 Å². The molecule has 0 spiro atoms. The molecule has 1 amide bonds. The second kappa shape index (κ2) is 7.58. The van der Waals surface area contributed by atoms with Crippen molar-refractivity contribution in [3.05, 3.63) is 27.7 Å². The highest BCUT2D eigenvalue weighted by molar-refractivity contribution is 9.10. The minimum absolute atomic E-state index is 0.0913. The van der Waals surface area contributed by atoms with Crippen molar-refractivity contribution in [1.82, 2.24) is 9.21 Å². The summed E-state index contributed by atoms with van der Waals surface area (Å²) in [4.78, 5) is 13.7. The Morgan fingerprint density at radius 1 is 1.29 bits per heavy atom. The molecule has 118 valence electrons. The van der Waals surface area contributed by atoms with Crippen LogP contribution >= 0.6 is 27.5 Å². The molecule has 0 aliphatic carbocycles. The number of hydrogen-bond acceptors (Lipinski definition) is 3. The number of amides is 1. The third-order valence-electron chi connectivity index (χ3n) is 3.07. The van der Waals surface area contributed by atoms with Crippen LogP contribution in [0.4, 0.5) is 0 Å². The molecule has 0 radical (unpaired) electrons. The van der Waals surface area contributed by atoms with E-state index in [0.29, 0.717) is 22.6 Å². The molecule has 1 aromatic carbocycles. The van der Waals surface area contributed by atoms with Gasteiger partial charge in [0.05, 0.1) is 16.5 Å². The van der Waals surface area contributed by atoms with Crippen molar-refractivity contribution < 1.29 is 13.2 Å². The predicted octanol–water partition coefficient (Wildman–Crippen LogP) is 2.59. The zero-order valence-electron chi connectivity index (χ0n) is 12.1. The van der Waals surface area contributed by atoms with Gasteiger partial charge in [0.15, 0.2) is 0 Å². The first-order valence-corrected chi connectivity index (χ1v) is 9.04. The first kappa shape index (κ1) is 18.4. The van der Waals surface area contributed by atoms with Gasteiger partial charge in [-0.15, -0.1) is 0 Å². The summed E-state index contributed by atoms with van der Waals surface area (Å²) in [6.45, 7) is 4.62. The van der Waals surface area contributed by atoms with Crippen LogP contribution in [-0.2, 0) is 14.8 Å². The molecule has 1 rings (SSSR count). The number of nitrogens with zero attached hydrogens (tertiary/aromatic N) is 2. The van der Waals surface area contributed by atoms with Crippen LogP contribution < -0.4 is 0 Å². The smallest absolute Gasteiger partial charge is 0.243 e. The summed E-state index contributed by atoms with van der Waals surface area (Å²) >= 11 is 9.05. The van der Waals surface area contributed by atoms with Crippen LogP contribution in [0.5, 0.6) is 0 Å². The second-order valence-electron chi connectivity index (χ2n) is 4.40. The van der Waals surface area contributed by atoms with Crippen molar-refractivity contribution in [2.24, 2.45) is 0 Å². The minimum atomic E-state index is -3.73. The standard InChI is InChI=1S/C13H18BrClN2O3S/c1-4-17(5-2)13(18)9-16(3)21(19,20)10-6-7-12(15)11(14)8-10/h6-8H,4-5,9H2,1-3H3. The summed E-state index contributed by atoms with van der Waals surface area (Å²) in [6.07, 6.45) is 0. The first-order chi connectivity index (χ1) is 9.73. The number of halogens is 2. The monoisotopic (exact) mass is 396 g/mol. The molecule has 0 heterocycles. The Hall–Kier alpha value is -0.630. The molecule has 0 saturated carbocycles. The summed E-state index contributed by atoms with van der Waals surface area (Å²) in [5, 5.41) is 0.427. The van der Waals surface area contributed by atoms with E-state index in [1.807, 2.05) is 13.8 Å². The topological polar surface area (TPSA) is 57.7 Å². The molecule has 0 aliphatic heterocycles. The molecule has 21 heavy (non-hydrogen) atoms. The second-order valence-corrected chi connectivity index (χ2v) is 7.71. The molecular formula is C13H18BrClN2O3S. The van der Waals surface area contributed by atoms with Crippen LogP contribution in [0, 0.1) is 0 Å². The SMILES string of the molecule is CCN(CC)C(=O)CN(C)S(=O)(=O)c1ccc(Cl)c(Br)c1. The van der Waals surface area contributed by atoms with E-state index in [4.69, 9.17) is 11.6 Å². The molecule has 8 heteroatoms. The molecule has 0 unspecified atom stereocenters. The lowest BCUT2D eigenvalue weighted by molar-refractivity contribution is -0.130. The Morgan fingerprint density at radius 2 is 1.86 bits per heavy atom. The first-order valence-electron chi connectivity index (χ1n) is 6.43. The molecule has 1 aromatic rings. The number of carbonyl (C=O) groups excluding carboxylic acids is 1. The predicted molar refractivity (Wildman–Crippen MR) is 86.9 cm³/mol. The Labute approximate surface area is 139 Å². The number of benzene rings is 1. The zero-order chi connectivity index (χ0) is 16.2. The summed E-state index contributed by atoms with van der Waals surface area (Å²) in [5.74, 6) is -0.223. The van der Waals surface area contributed by atoms with Crippen molar-refractivity contribution >= 4 is 43.5 Å². The molecule has 0 fully saturated rings. The van der Waals surface area contributed by atoms with E-state index in [-0.39, 0.29) is 17.3 Å². The molecule has 0 aliphatic rings. The van der Waals surface area contributed by atoms with Gasteiger partial charge in [0, 0.05) is 24.6 Å². The van der Waals surface area contributed by atoms with Crippen LogP contribution in [0.3, 0.4) is 0 Å². The average molecular weight is 398 g/mol. The molecule has 0 bridgehead atoms. The van der Waals surface area contributed by atoms with Gasteiger partial charge in [0.25, 0.3) is 0 Å². The normalized spacial score (nSPS) is 11.7. The fourth-order valence-electron chi connectivity index (χ4n) is 1.77. The largest absolute Gasteiger partial charge is 0.342 e. The van der Waals surface area contributed by atoms with Gasteiger partial charge in [-0.2, -0.15) is 4.31 Å². The van der Waals surface area contributed by atoms with Crippen molar-refractivity contribution in [2.75, 3.05) is 26.7 Å². The zero-order valence-corrected chi connectivity index (χ0v) is 15.3. The maximum atomic E-state index is 12.4. The molecule has 0 aromatic heterocycles. The van der Waals surface area contributed by atoms with E-state index in [1.165, 1.54) is 25.2 Å². The van der Waals surface area contributed by atoms with Gasteiger partial charge in [-0.3, -0.25) is 4.79 Å². The van der Waals surface area contributed by atoms with Crippen molar-refractivity contribution in [3.63, 3.8) is 0 Å². The maximum absolute atomic E-state index is 12.4. The number of hydrogen-bond donors (Lipinski definition) is 0. The van der Waals surface area contributed by atoms with Gasteiger partial charge in [-0.1, -0.05) is 11.6 Å². The lowest BCUT2D eigenvalue weighted by Crippen LogP contribution is -2.40. The van der Waals surface area contributed by atoms with Crippen molar-refractivity contribution in [3.8, 4) is 0 Å². The highest BCUT2D eigenvalue weighted by atomic mass is 79.9. The lowest BCUT2D eigenvalue weighted by Gasteiger charge is -2.23. The molecule has 0 N–H and O–H groups in total. The van der Waals surface area contributed by atoms with Crippen molar-refractivity contribution in [2.45, 2.75) is 18.7 Å². The van der Waals surface area contributed by atoms with E-state index in [1.54, 1.807) is 4.90 Å². The van der Waals surface area contributed by atoms with Crippen molar-refractivity contribution in [1.29, 1.82) is 0 Å². The Balaban J connectivity index is 2.96. The van der Waals surface area contributed by atoms with E-state index in [0.717, 1.165) is 4.31 Å². The Kier molecular flexibility index (Phi) is 6.65. The molecule has 0 saturated heterocycles. The summed E-state index contributed by atoms with van der Waals surface area (Å²) in [5.41, 5.74) is 0. The maximum Gasteiger partial charge on any atom is 0.243 e. The highest BCUT2D eigenvalue weighted by Gasteiger charge is 2.25. The van der Waals surface area contributed by atoms with Gasteiger partial charge >= 0.3 is 0 Å². The van der Waals surface area contributed by atoms with E-state index in [9.17, 15) is 13.2 Å². The molecular weight excluding hydrogens is 380 g/mol. The average Bonchev–Trinajstić information content (AvgIpc) is 2.42. The third kappa shape index (κ3) is 4.42. The van der Waals surface area contributed by atoms with Crippen LogP contribution in [0.25, 0.3) is 0 Å². The lowest BCUT2D eigenvalue weighted by atomic mass is 10.4. The number of rotatable bonds is 6. The molecule has 0 atom stereocenters. The number of likely N-dealkylation sites (N-methyl/N-ethyl adjacent to an activating group) is 2. The van der Waals surface area contributed by atoms with E-state index >= 15 is 0 Å². The fraction of sp³-hybridized carbons (Fsp3) is 0.462. The summed E-state index contributed by atoms with van der Waals surface area (Å²) in [6, 6.07) is 4.34. The van der Waals surface area contributed by atoms with Gasteiger partial charge in [-0.05, 0) is 48.0 Å². The highest BCUT2D eigenvalue weighted by Crippen LogP contribution is 2.26. The number of carbonyl (C=O) groups is 1. The fourth-order valence-corrected chi connectivity index (χ4v) is 3.56. The number of sulfonamides is 1. The van der Waals surface area contributed by atoms with E-state index in [2.05, 4.69) is 15.9 Å². The van der Waals surface area contributed by atoms with Gasteiger partial charge < -0.3 is 4.90 Å². The summed E-state index contributed by atoms with van der Waals surface area (Å²) in [7, 11) is -2.34. The van der Waals surface area contributed by atoms with Crippen LogP contribution in [-0.4, -0.2) is 50.2 Å². The van der Waals surface area contributed by atoms with Crippen LogP contribution in [0.1, 0.15) is 13.8 Å². The summed E-state index contributed by atoms with van der Waals surface area (Å²) < 4.78 is 26.4. The third-order valence-corrected chi connectivity index (χ3v) is 6.09. The quantitative estimate of drug-likeness (QED) is 0.741. The van der Waals surface area contributed by atoms with Gasteiger partial charge in [-0.25, -0.2) is 8.42 Å².